The molecule has 3 rings (SSSR count). The van der Waals surface area contributed by atoms with Gasteiger partial charge in [0, 0.05) is 12.6 Å². The maximum Gasteiger partial charge on any atom is 0.289 e. The summed E-state index contributed by atoms with van der Waals surface area (Å²) in [4.78, 5) is 66.8. The third kappa shape index (κ3) is 6.89. The van der Waals surface area contributed by atoms with Crippen molar-refractivity contribution < 1.29 is 29.1 Å². The number of fused-ring (bicyclic) bond motifs is 1. The zero-order valence-corrected chi connectivity index (χ0v) is 22.8. The largest absolute Gasteiger partial charge is 0.383 e. The Kier molecular flexibility index (Phi) is 9.72. The molecule has 0 spiro atoms. The molecule has 0 radical (unpaired) electrons. The number of aliphatic hydroxyl groups is 1. The monoisotopic (exact) mass is 520 g/mol. The molecule has 10 nitrogen and oxygen atoms in total. The maximum absolute atomic E-state index is 13.8. The zero-order chi connectivity index (χ0) is 27.4. The Balaban J connectivity index is 1.78. The second-order valence-corrected chi connectivity index (χ2v) is 11.7. The van der Waals surface area contributed by atoms with Crippen LogP contribution in [0.15, 0.2) is 0 Å². The van der Waals surface area contributed by atoms with Crippen molar-refractivity contribution in [3.63, 3.8) is 0 Å². The minimum Gasteiger partial charge on any atom is -0.383 e. The standard InChI is InChI=1S/C27H44N4O6/c1-6-8-19(23(33)26(36)28-17-11-12-17)29-24(34)21-18-10-7-9-16(18)13-31(21)27(37)20(14(2)3)30-25(35)22(32)15(4)5/h14-22,32H,6-13H2,1-5H3,(H,28,36)(H,29,34)(H,30,35)/t16-,18-,19-,20-,21-,22-/m0/s1. The quantitative estimate of drug-likeness (QED) is 0.282. The van der Waals surface area contributed by atoms with Crippen LogP contribution >= 0.6 is 0 Å². The fourth-order valence-electron chi connectivity index (χ4n) is 5.56. The van der Waals surface area contributed by atoms with Crippen LogP contribution in [-0.4, -0.2) is 76.2 Å². The van der Waals surface area contributed by atoms with E-state index in [9.17, 15) is 29.1 Å². The van der Waals surface area contributed by atoms with E-state index in [1.54, 1.807) is 18.7 Å². The number of hydrogen-bond donors (Lipinski definition) is 4. The van der Waals surface area contributed by atoms with Crippen LogP contribution in [0.25, 0.3) is 0 Å². The maximum atomic E-state index is 13.8. The highest BCUT2D eigenvalue weighted by Crippen LogP contribution is 2.42. The van der Waals surface area contributed by atoms with Crippen molar-refractivity contribution in [1.29, 1.82) is 0 Å². The van der Waals surface area contributed by atoms with E-state index >= 15 is 0 Å². The summed E-state index contributed by atoms with van der Waals surface area (Å²) in [5.74, 6) is -3.17. The Morgan fingerprint density at radius 2 is 1.62 bits per heavy atom. The number of amides is 4. The first-order valence-electron chi connectivity index (χ1n) is 13.9. The highest BCUT2D eigenvalue weighted by Gasteiger charge is 2.51. The molecular weight excluding hydrogens is 476 g/mol. The third-order valence-electron chi connectivity index (χ3n) is 7.92. The van der Waals surface area contributed by atoms with Gasteiger partial charge < -0.3 is 26.0 Å². The van der Waals surface area contributed by atoms with Gasteiger partial charge in [-0.1, -0.05) is 47.5 Å². The van der Waals surface area contributed by atoms with Crippen LogP contribution in [0, 0.1) is 23.7 Å². The lowest BCUT2D eigenvalue weighted by Gasteiger charge is -2.33. The van der Waals surface area contributed by atoms with E-state index in [0.717, 1.165) is 32.1 Å². The van der Waals surface area contributed by atoms with E-state index < -0.39 is 47.7 Å². The minimum absolute atomic E-state index is 0.0358. The van der Waals surface area contributed by atoms with Gasteiger partial charge in [0.2, 0.25) is 23.5 Å². The Bertz CT molecular complexity index is 886. The number of Topliss-reactive ketones (excluding diaryl/α,β-unsaturated/α-hetero) is 1. The fraction of sp³-hybridized carbons (Fsp3) is 0.815. The summed E-state index contributed by atoms with van der Waals surface area (Å²) >= 11 is 0. The van der Waals surface area contributed by atoms with Gasteiger partial charge in [-0.2, -0.15) is 0 Å². The van der Waals surface area contributed by atoms with Crippen LogP contribution < -0.4 is 16.0 Å². The Morgan fingerprint density at radius 3 is 2.19 bits per heavy atom. The minimum atomic E-state index is -1.24. The van der Waals surface area contributed by atoms with Crippen LogP contribution in [0.3, 0.4) is 0 Å². The van der Waals surface area contributed by atoms with Crippen molar-refractivity contribution >= 4 is 29.4 Å². The molecule has 0 unspecified atom stereocenters. The van der Waals surface area contributed by atoms with Gasteiger partial charge in [0.15, 0.2) is 0 Å². The number of hydrogen-bond acceptors (Lipinski definition) is 6. The summed E-state index contributed by atoms with van der Waals surface area (Å²) in [6, 6.07) is -2.58. The van der Waals surface area contributed by atoms with Gasteiger partial charge in [0.25, 0.3) is 5.91 Å². The number of likely N-dealkylation sites (tertiary alicyclic amines) is 1. The van der Waals surface area contributed by atoms with Crippen molar-refractivity contribution in [1.82, 2.24) is 20.9 Å². The fourth-order valence-corrected chi connectivity index (χ4v) is 5.56. The van der Waals surface area contributed by atoms with Crippen LogP contribution in [0.5, 0.6) is 0 Å². The molecule has 6 atom stereocenters. The smallest absolute Gasteiger partial charge is 0.289 e. The number of nitrogens with one attached hydrogen (secondary N) is 3. The highest BCUT2D eigenvalue weighted by molar-refractivity contribution is 6.38. The van der Waals surface area contributed by atoms with Gasteiger partial charge >= 0.3 is 0 Å². The molecule has 0 aromatic heterocycles. The molecule has 37 heavy (non-hydrogen) atoms. The molecule has 4 N–H and O–H groups in total. The van der Waals surface area contributed by atoms with Crippen LogP contribution in [0.1, 0.15) is 79.6 Å². The van der Waals surface area contributed by atoms with E-state index in [0.29, 0.717) is 19.4 Å². The molecule has 1 aliphatic heterocycles. The van der Waals surface area contributed by atoms with E-state index in [4.69, 9.17) is 0 Å². The molecule has 1 heterocycles. The first kappa shape index (κ1) is 29.1. The van der Waals surface area contributed by atoms with Crippen LogP contribution in [0.4, 0.5) is 0 Å². The number of carbonyl (C=O) groups is 5. The summed E-state index contributed by atoms with van der Waals surface area (Å²) < 4.78 is 0. The molecule has 0 bridgehead atoms. The number of rotatable bonds is 12. The predicted octanol–water partition coefficient (Wildman–Crippen LogP) is 0.904. The van der Waals surface area contributed by atoms with Crippen molar-refractivity contribution in [3.05, 3.63) is 0 Å². The van der Waals surface area contributed by atoms with E-state index in [1.807, 2.05) is 20.8 Å². The van der Waals surface area contributed by atoms with Gasteiger partial charge in [-0.3, -0.25) is 24.0 Å². The SMILES string of the molecule is CCC[C@H](NC(=O)[C@@H]1[C@H]2CCC[C@H]2CN1C(=O)[C@@H](NC(=O)[C@@H](O)C(C)C)C(C)C)C(=O)C(=O)NC1CC1. The molecule has 208 valence electrons. The zero-order valence-electron chi connectivity index (χ0n) is 22.8. The van der Waals surface area contributed by atoms with Crippen LogP contribution in [-0.2, 0) is 24.0 Å². The first-order valence-corrected chi connectivity index (χ1v) is 13.9. The third-order valence-corrected chi connectivity index (χ3v) is 7.92. The summed E-state index contributed by atoms with van der Waals surface area (Å²) in [5.41, 5.74) is 0. The molecule has 10 heteroatoms. The number of aliphatic hydroxyl groups excluding tert-OH is 1. The lowest BCUT2D eigenvalue weighted by Crippen LogP contribution is -2.59. The van der Waals surface area contributed by atoms with Gasteiger partial charge in [0.05, 0.1) is 6.04 Å². The van der Waals surface area contributed by atoms with Gasteiger partial charge in [-0.15, -0.1) is 0 Å². The second-order valence-electron chi connectivity index (χ2n) is 11.7. The number of nitrogens with zero attached hydrogens (tertiary/aromatic N) is 1. The normalized spacial score (nSPS) is 25.4. The Morgan fingerprint density at radius 1 is 0.946 bits per heavy atom. The molecule has 3 aliphatic rings. The van der Waals surface area contributed by atoms with Crippen molar-refractivity contribution in [2.24, 2.45) is 23.7 Å². The van der Waals surface area contributed by atoms with Gasteiger partial charge in [0.1, 0.15) is 18.2 Å². The molecular formula is C27H44N4O6. The molecule has 2 aliphatic carbocycles. The molecule has 4 amide bonds. The van der Waals surface area contributed by atoms with Crippen molar-refractivity contribution in [3.8, 4) is 0 Å². The average Bonchev–Trinajstić information content (AvgIpc) is 3.41. The van der Waals surface area contributed by atoms with Gasteiger partial charge in [-0.05, 0) is 55.8 Å². The second kappa shape index (κ2) is 12.4. The number of carbonyl (C=O) groups excluding carboxylic acids is 5. The van der Waals surface area contributed by atoms with Crippen LogP contribution in [0.2, 0.25) is 0 Å². The predicted molar refractivity (Wildman–Crippen MR) is 137 cm³/mol. The summed E-state index contributed by atoms with van der Waals surface area (Å²) in [6.45, 7) is 9.35. The topological polar surface area (TPSA) is 145 Å². The Hall–Kier alpha value is -2.49. The average molecular weight is 521 g/mol. The van der Waals surface area contributed by atoms with E-state index in [-0.39, 0.29) is 35.6 Å². The summed E-state index contributed by atoms with van der Waals surface area (Å²) in [6.07, 6.45) is 4.07. The molecule has 0 aromatic rings. The number of ketones is 1. The van der Waals surface area contributed by atoms with E-state index in [1.165, 1.54) is 0 Å². The van der Waals surface area contributed by atoms with Crippen molar-refractivity contribution in [2.45, 2.75) is 110 Å². The first-order chi connectivity index (χ1) is 17.5. The molecule has 0 aromatic carbocycles. The van der Waals surface area contributed by atoms with Gasteiger partial charge in [-0.25, -0.2) is 0 Å². The van der Waals surface area contributed by atoms with Crippen molar-refractivity contribution in [2.75, 3.05) is 6.54 Å². The lowest BCUT2D eigenvalue weighted by molar-refractivity contribution is -0.146. The Labute approximate surface area is 219 Å². The molecule has 3 fully saturated rings. The van der Waals surface area contributed by atoms with E-state index in [2.05, 4.69) is 16.0 Å². The summed E-state index contributed by atoms with van der Waals surface area (Å²) in [5, 5.41) is 18.4. The summed E-state index contributed by atoms with van der Waals surface area (Å²) in [7, 11) is 0. The highest BCUT2D eigenvalue weighted by atomic mass is 16.3. The molecule has 1 saturated heterocycles. The lowest BCUT2D eigenvalue weighted by atomic mass is 9.92. The molecule has 2 saturated carbocycles.